The van der Waals surface area contributed by atoms with Crippen molar-refractivity contribution in [1.82, 2.24) is 4.90 Å². The average Bonchev–Trinajstić information content (AvgIpc) is 2.66. The Hall–Kier alpha value is -2.95. The molecule has 0 amide bonds. The average molecular weight is 355 g/mol. The van der Waals surface area contributed by atoms with Crippen LogP contribution in [0.1, 0.15) is 16.7 Å². The number of benzene rings is 2. The predicted molar refractivity (Wildman–Crippen MR) is 96.8 cm³/mol. The Morgan fingerprint density at radius 2 is 1.77 bits per heavy atom. The van der Waals surface area contributed by atoms with Crippen LogP contribution >= 0.6 is 0 Å². The predicted octanol–water partition coefficient (Wildman–Crippen LogP) is 3.12. The van der Waals surface area contributed by atoms with Crippen molar-refractivity contribution in [3.8, 4) is 11.8 Å². The molecule has 2 rings (SSSR count). The highest BCUT2D eigenvalue weighted by Gasteiger charge is 2.16. The van der Waals surface area contributed by atoms with Crippen LogP contribution in [0.4, 0.5) is 5.69 Å². The maximum atomic E-state index is 11.2. The van der Waals surface area contributed by atoms with Crippen molar-refractivity contribution in [2.45, 2.75) is 13.1 Å². The monoisotopic (exact) mass is 355 g/mol. The first kappa shape index (κ1) is 19.4. The van der Waals surface area contributed by atoms with Gasteiger partial charge >= 0.3 is 5.69 Å². The second kappa shape index (κ2) is 9.51. The molecule has 26 heavy (non-hydrogen) atoms. The summed E-state index contributed by atoms with van der Waals surface area (Å²) in [6, 6.07) is 14.5. The quantitative estimate of drug-likeness (QED) is 0.507. The van der Waals surface area contributed by atoms with Gasteiger partial charge in [-0.1, -0.05) is 18.2 Å². The van der Waals surface area contributed by atoms with E-state index >= 15 is 0 Å². The zero-order valence-corrected chi connectivity index (χ0v) is 14.8. The molecule has 0 N–H and O–H groups in total. The van der Waals surface area contributed by atoms with E-state index in [1.54, 1.807) is 25.3 Å². The fraction of sp³-hybridized carbons (Fsp3) is 0.316. The highest BCUT2D eigenvalue weighted by Crippen LogP contribution is 2.28. The number of ether oxygens (including phenoxy) is 2. The van der Waals surface area contributed by atoms with Gasteiger partial charge in [0.25, 0.3) is 0 Å². The number of rotatable bonds is 9. The van der Waals surface area contributed by atoms with Crippen LogP contribution in [-0.2, 0) is 17.8 Å². The van der Waals surface area contributed by atoms with Gasteiger partial charge in [-0.15, -0.1) is 0 Å². The van der Waals surface area contributed by atoms with E-state index in [2.05, 4.69) is 11.0 Å². The van der Waals surface area contributed by atoms with Crippen LogP contribution < -0.4 is 4.74 Å². The first-order valence-corrected chi connectivity index (χ1v) is 8.09. The van der Waals surface area contributed by atoms with Crippen LogP contribution in [0.3, 0.4) is 0 Å². The molecule has 0 unspecified atom stereocenters. The summed E-state index contributed by atoms with van der Waals surface area (Å²) in [5.74, 6) is 0.245. The van der Waals surface area contributed by atoms with Crippen LogP contribution in [0.25, 0.3) is 0 Å². The van der Waals surface area contributed by atoms with E-state index in [0.717, 1.165) is 11.1 Å². The van der Waals surface area contributed by atoms with Gasteiger partial charge in [0.1, 0.15) is 0 Å². The van der Waals surface area contributed by atoms with Crippen LogP contribution in [-0.4, -0.2) is 37.2 Å². The highest BCUT2D eigenvalue weighted by atomic mass is 16.6. The molecule has 7 nitrogen and oxygen atoms in total. The van der Waals surface area contributed by atoms with Crippen molar-refractivity contribution < 1.29 is 14.4 Å². The SMILES string of the molecule is COCCN(Cc1ccc(C#N)cc1)Cc1ccc(OC)c([N+](=O)[O-])c1. The molecule has 0 radical (unpaired) electrons. The molecule has 0 spiro atoms. The molecule has 2 aromatic carbocycles. The Balaban J connectivity index is 2.17. The normalized spacial score (nSPS) is 10.5. The Kier molecular flexibility index (Phi) is 7.09. The molecule has 7 heteroatoms. The second-order valence-electron chi connectivity index (χ2n) is 5.78. The largest absolute Gasteiger partial charge is 0.490 e. The number of nitrogens with zero attached hydrogens (tertiary/aromatic N) is 3. The molecule has 2 aromatic rings. The summed E-state index contributed by atoms with van der Waals surface area (Å²) < 4.78 is 10.2. The molecule has 0 aliphatic rings. The summed E-state index contributed by atoms with van der Waals surface area (Å²) in [6.45, 7) is 2.41. The lowest BCUT2D eigenvalue weighted by Crippen LogP contribution is -2.26. The van der Waals surface area contributed by atoms with E-state index in [4.69, 9.17) is 14.7 Å². The van der Waals surface area contributed by atoms with E-state index in [1.807, 2.05) is 18.2 Å². The smallest absolute Gasteiger partial charge is 0.311 e. The van der Waals surface area contributed by atoms with Crippen molar-refractivity contribution in [3.63, 3.8) is 0 Å². The maximum Gasteiger partial charge on any atom is 0.311 e. The van der Waals surface area contributed by atoms with Gasteiger partial charge in [-0.2, -0.15) is 5.26 Å². The molecule has 0 atom stereocenters. The van der Waals surface area contributed by atoms with E-state index in [-0.39, 0.29) is 11.4 Å². The molecule has 136 valence electrons. The fourth-order valence-corrected chi connectivity index (χ4v) is 2.61. The molecular weight excluding hydrogens is 334 g/mol. The van der Waals surface area contributed by atoms with Crippen molar-refractivity contribution in [2.75, 3.05) is 27.4 Å². The van der Waals surface area contributed by atoms with Crippen LogP contribution in [0.2, 0.25) is 0 Å². The highest BCUT2D eigenvalue weighted by molar-refractivity contribution is 5.48. The van der Waals surface area contributed by atoms with Crippen molar-refractivity contribution in [2.24, 2.45) is 0 Å². The van der Waals surface area contributed by atoms with E-state index in [9.17, 15) is 10.1 Å². The topological polar surface area (TPSA) is 88.6 Å². The van der Waals surface area contributed by atoms with Gasteiger partial charge in [0.15, 0.2) is 5.75 Å². The first-order chi connectivity index (χ1) is 12.6. The van der Waals surface area contributed by atoms with Crippen LogP contribution in [0, 0.1) is 21.4 Å². The lowest BCUT2D eigenvalue weighted by Gasteiger charge is -2.22. The number of nitro groups is 1. The minimum absolute atomic E-state index is 0.0462. The minimum atomic E-state index is -0.442. The molecule has 0 fully saturated rings. The molecular formula is C19H21N3O4. The third kappa shape index (κ3) is 5.28. The fourth-order valence-electron chi connectivity index (χ4n) is 2.61. The zero-order valence-electron chi connectivity index (χ0n) is 14.8. The second-order valence-corrected chi connectivity index (χ2v) is 5.78. The summed E-state index contributed by atoms with van der Waals surface area (Å²) in [4.78, 5) is 12.9. The third-order valence-corrected chi connectivity index (χ3v) is 3.95. The van der Waals surface area contributed by atoms with Gasteiger partial charge in [0, 0.05) is 32.8 Å². The third-order valence-electron chi connectivity index (χ3n) is 3.95. The molecule has 0 saturated heterocycles. The van der Waals surface area contributed by atoms with E-state index < -0.39 is 4.92 Å². The van der Waals surface area contributed by atoms with Gasteiger partial charge in [0.05, 0.1) is 30.3 Å². The number of nitriles is 1. The molecule has 0 aliphatic carbocycles. The number of methoxy groups -OCH3 is 2. The number of hydrogen-bond donors (Lipinski definition) is 0. The van der Waals surface area contributed by atoms with Gasteiger partial charge < -0.3 is 9.47 Å². The molecule has 0 heterocycles. The van der Waals surface area contributed by atoms with E-state index in [0.29, 0.717) is 31.8 Å². The summed E-state index contributed by atoms with van der Waals surface area (Å²) in [6.07, 6.45) is 0. The van der Waals surface area contributed by atoms with Gasteiger partial charge in [0.2, 0.25) is 0 Å². The molecule has 0 saturated carbocycles. The summed E-state index contributed by atoms with van der Waals surface area (Å²) in [5, 5.41) is 20.1. The van der Waals surface area contributed by atoms with Gasteiger partial charge in [-0.05, 0) is 29.3 Å². The first-order valence-electron chi connectivity index (χ1n) is 8.09. The molecule has 0 bridgehead atoms. The summed E-state index contributed by atoms with van der Waals surface area (Å²) in [5.41, 5.74) is 2.45. The van der Waals surface area contributed by atoms with Gasteiger partial charge in [-0.25, -0.2) is 0 Å². The summed E-state index contributed by atoms with van der Waals surface area (Å²) >= 11 is 0. The Morgan fingerprint density at radius 1 is 1.12 bits per heavy atom. The lowest BCUT2D eigenvalue weighted by atomic mass is 10.1. The van der Waals surface area contributed by atoms with Crippen LogP contribution in [0.15, 0.2) is 42.5 Å². The van der Waals surface area contributed by atoms with Crippen LogP contribution in [0.5, 0.6) is 5.75 Å². The summed E-state index contributed by atoms with van der Waals surface area (Å²) in [7, 11) is 3.05. The lowest BCUT2D eigenvalue weighted by molar-refractivity contribution is -0.385. The van der Waals surface area contributed by atoms with Crippen molar-refractivity contribution in [3.05, 3.63) is 69.3 Å². The standard InChI is InChI=1S/C19H21N3O4/c1-25-10-9-21(13-16-5-3-15(12-20)4-6-16)14-17-7-8-19(26-2)18(11-17)22(23)24/h3-8,11H,9-10,13-14H2,1-2H3. The van der Waals surface area contributed by atoms with Crippen molar-refractivity contribution in [1.29, 1.82) is 5.26 Å². The number of hydrogen-bond acceptors (Lipinski definition) is 6. The maximum absolute atomic E-state index is 11.2. The Morgan fingerprint density at radius 3 is 2.35 bits per heavy atom. The zero-order chi connectivity index (χ0) is 18.9. The minimum Gasteiger partial charge on any atom is -0.490 e. The molecule has 0 aliphatic heterocycles. The van der Waals surface area contributed by atoms with Gasteiger partial charge in [-0.3, -0.25) is 15.0 Å². The van der Waals surface area contributed by atoms with E-state index in [1.165, 1.54) is 13.2 Å². The Labute approximate surface area is 152 Å². The van der Waals surface area contributed by atoms with Crippen molar-refractivity contribution >= 4 is 5.69 Å². The Bertz CT molecular complexity index is 784. The molecule has 0 aromatic heterocycles. The number of nitro benzene ring substituents is 1.